The lowest BCUT2D eigenvalue weighted by atomic mass is 10.2. The maximum absolute atomic E-state index is 12.1. The fraction of sp³-hybridized carbons (Fsp3) is 0.278. The fourth-order valence-corrected chi connectivity index (χ4v) is 2.50. The minimum absolute atomic E-state index is 0.0821. The maximum Gasteiger partial charge on any atom is 0.226 e. The monoisotopic (exact) mass is 348 g/mol. The van der Waals surface area contributed by atoms with Gasteiger partial charge in [-0.2, -0.15) is 0 Å². The number of methoxy groups -OCH3 is 2. The van der Waals surface area contributed by atoms with E-state index >= 15 is 0 Å². The summed E-state index contributed by atoms with van der Waals surface area (Å²) in [6.45, 7) is 2.50. The Kier molecular flexibility index (Phi) is 6.32. The highest BCUT2D eigenvalue weighted by molar-refractivity contribution is 6.30. The first-order valence-corrected chi connectivity index (χ1v) is 7.93. The second kappa shape index (κ2) is 8.45. The van der Waals surface area contributed by atoms with Gasteiger partial charge >= 0.3 is 0 Å². The SMILES string of the molecule is COc1ccc(NC(=O)CCNc2ccc(Cl)cc2C)cc1OC. The lowest BCUT2D eigenvalue weighted by molar-refractivity contribution is -0.115. The van der Waals surface area contributed by atoms with Gasteiger partial charge in [-0.3, -0.25) is 4.79 Å². The molecule has 0 aliphatic heterocycles. The molecule has 0 atom stereocenters. The van der Waals surface area contributed by atoms with Crippen molar-refractivity contribution in [2.45, 2.75) is 13.3 Å². The Bertz CT molecular complexity index is 719. The molecule has 0 radical (unpaired) electrons. The van der Waals surface area contributed by atoms with Crippen LogP contribution in [0.5, 0.6) is 11.5 Å². The number of carbonyl (C=O) groups is 1. The van der Waals surface area contributed by atoms with E-state index in [4.69, 9.17) is 21.1 Å². The zero-order valence-corrected chi connectivity index (χ0v) is 14.7. The standard InChI is InChI=1S/C18H21ClN2O3/c1-12-10-13(19)4-6-15(12)20-9-8-18(22)21-14-5-7-16(23-2)17(11-14)24-3/h4-7,10-11,20H,8-9H2,1-3H3,(H,21,22). The number of nitrogens with one attached hydrogen (secondary N) is 2. The van der Waals surface area contributed by atoms with Gasteiger partial charge in [0.2, 0.25) is 5.91 Å². The van der Waals surface area contributed by atoms with Crippen LogP contribution in [0.4, 0.5) is 11.4 Å². The fourth-order valence-electron chi connectivity index (χ4n) is 2.27. The van der Waals surface area contributed by atoms with Crippen molar-refractivity contribution in [1.29, 1.82) is 0 Å². The number of rotatable bonds is 7. The molecule has 0 bridgehead atoms. The average Bonchev–Trinajstić information content (AvgIpc) is 2.56. The summed E-state index contributed by atoms with van der Waals surface area (Å²) in [6, 6.07) is 10.9. The van der Waals surface area contributed by atoms with Crippen LogP contribution >= 0.6 is 11.6 Å². The van der Waals surface area contributed by atoms with Gasteiger partial charge in [0.1, 0.15) is 0 Å². The zero-order valence-electron chi connectivity index (χ0n) is 14.0. The summed E-state index contributed by atoms with van der Waals surface area (Å²) in [6.07, 6.45) is 0.344. The summed E-state index contributed by atoms with van der Waals surface area (Å²) in [4.78, 5) is 12.1. The molecule has 0 aromatic heterocycles. The van der Waals surface area contributed by atoms with Crippen LogP contribution < -0.4 is 20.1 Å². The third-order valence-electron chi connectivity index (χ3n) is 3.52. The number of hydrogen-bond acceptors (Lipinski definition) is 4. The first kappa shape index (κ1) is 17.9. The van der Waals surface area contributed by atoms with E-state index < -0.39 is 0 Å². The van der Waals surface area contributed by atoms with Gasteiger partial charge in [-0.05, 0) is 42.8 Å². The predicted octanol–water partition coefficient (Wildman–Crippen LogP) is 4.11. The van der Waals surface area contributed by atoms with Crippen LogP contribution in [-0.4, -0.2) is 26.7 Å². The molecule has 24 heavy (non-hydrogen) atoms. The molecule has 2 aromatic carbocycles. The smallest absolute Gasteiger partial charge is 0.226 e. The van der Waals surface area contributed by atoms with Crippen molar-refractivity contribution < 1.29 is 14.3 Å². The van der Waals surface area contributed by atoms with Gasteiger partial charge < -0.3 is 20.1 Å². The maximum atomic E-state index is 12.1. The van der Waals surface area contributed by atoms with Crippen molar-refractivity contribution in [3.8, 4) is 11.5 Å². The van der Waals surface area contributed by atoms with Crippen LogP contribution in [0.2, 0.25) is 5.02 Å². The van der Waals surface area contributed by atoms with Crippen LogP contribution in [0.15, 0.2) is 36.4 Å². The highest BCUT2D eigenvalue weighted by Crippen LogP contribution is 2.29. The number of anilines is 2. The molecule has 0 fully saturated rings. The molecule has 0 spiro atoms. The quantitative estimate of drug-likeness (QED) is 0.790. The van der Waals surface area contributed by atoms with Gasteiger partial charge in [0.25, 0.3) is 0 Å². The van der Waals surface area contributed by atoms with Crippen molar-refractivity contribution in [1.82, 2.24) is 0 Å². The number of aryl methyl sites for hydroxylation is 1. The summed E-state index contributed by atoms with van der Waals surface area (Å²) in [5.74, 6) is 1.11. The third-order valence-corrected chi connectivity index (χ3v) is 3.76. The molecule has 2 rings (SSSR count). The molecule has 6 heteroatoms. The Morgan fingerprint density at radius 3 is 2.50 bits per heavy atom. The van der Waals surface area contributed by atoms with Crippen LogP contribution in [0.25, 0.3) is 0 Å². The highest BCUT2D eigenvalue weighted by Gasteiger charge is 2.07. The Balaban J connectivity index is 1.87. The zero-order chi connectivity index (χ0) is 17.5. The van der Waals surface area contributed by atoms with Crippen LogP contribution in [0.3, 0.4) is 0 Å². The second-order valence-corrected chi connectivity index (χ2v) is 5.69. The lowest BCUT2D eigenvalue weighted by Gasteiger charge is -2.12. The topological polar surface area (TPSA) is 59.6 Å². The Morgan fingerprint density at radius 1 is 1.08 bits per heavy atom. The van der Waals surface area contributed by atoms with Gasteiger partial charge in [0, 0.05) is 35.4 Å². The van der Waals surface area contributed by atoms with Crippen LogP contribution in [-0.2, 0) is 4.79 Å². The van der Waals surface area contributed by atoms with Crippen molar-refractivity contribution >= 4 is 28.9 Å². The normalized spacial score (nSPS) is 10.2. The molecule has 0 saturated heterocycles. The summed E-state index contributed by atoms with van der Waals surface area (Å²) < 4.78 is 10.4. The van der Waals surface area contributed by atoms with E-state index in [0.29, 0.717) is 35.2 Å². The Labute approximate surface area is 146 Å². The number of benzene rings is 2. The summed E-state index contributed by atoms with van der Waals surface area (Å²) >= 11 is 5.93. The molecular weight excluding hydrogens is 328 g/mol. The molecule has 1 amide bonds. The first-order chi connectivity index (χ1) is 11.5. The average molecular weight is 349 g/mol. The van der Waals surface area contributed by atoms with Crippen molar-refractivity contribution in [2.75, 3.05) is 31.4 Å². The van der Waals surface area contributed by atoms with E-state index in [1.807, 2.05) is 25.1 Å². The molecule has 5 nitrogen and oxygen atoms in total. The molecule has 2 N–H and O–H groups in total. The van der Waals surface area contributed by atoms with Crippen molar-refractivity contribution in [3.05, 3.63) is 47.0 Å². The second-order valence-electron chi connectivity index (χ2n) is 5.25. The molecular formula is C18H21ClN2O3. The molecule has 128 valence electrons. The number of hydrogen-bond donors (Lipinski definition) is 2. The largest absolute Gasteiger partial charge is 0.493 e. The van der Waals surface area contributed by atoms with Crippen molar-refractivity contribution in [2.24, 2.45) is 0 Å². The van der Waals surface area contributed by atoms with Crippen LogP contribution in [0.1, 0.15) is 12.0 Å². The number of halogens is 1. The lowest BCUT2D eigenvalue weighted by Crippen LogP contribution is -2.16. The van der Waals surface area contributed by atoms with Gasteiger partial charge in [-0.25, -0.2) is 0 Å². The van der Waals surface area contributed by atoms with Crippen LogP contribution in [0, 0.1) is 6.92 Å². The predicted molar refractivity (Wildman–Crippen MR) is 97.5 cm³/mol. The minimum Gasteiger partial charge on any atom is -0.493 e. The number of amides is 1. The number of carbonyl (C=O) groups excluding carboxylic acids is 1. The van der Waals surface area contributed by atoms with E-state index in [0.717, 1.165) is 11.3 Å². The van der Waals surface area contributed by atoms with E-state index in [1.54, 1.807) is 32.4 Å². The van der Waals surface area contributed by atoms with Gasteiger partial charge in [0.05, 0.1) is 14.2 Å². The minimum atomic E-state index is -0.0821. The summed E-state index contributed by atoms with van der Waals surface area (Å²) in [5.41, 5.74) is 2.68. The summed E-state index contributed by atoms with van der Waals surface area (Å²) in [5, 5.41) is 6.77. The van der Waals surface area contributed by atoms with Gasteiger partial charge in [0.15, 0.2) is 11.5 Å². The Hall–Kier alpha value is -2.40. The molecule has 2 aromatic rings. The molecule has 0 saturated carbocycles. The van der Waals surface area contributed by atoms with E-state index in [9.17, 15) is 4.79 Å². The first-order valence-electron chi connectivity index (χ1n) is 7.55. The Morgan fingerprint density at radius 2 is 1.83 bits per heavy atom. The van der Waals surface area contributed by atoms with Gasteiger partial charge in [-0.1, -0.05) is 11.6 Å². The van der Waals surface area contributed by atoms with Crippen molar-refractivity contribution in [3.63, 3.8) is 0 Å². The molecule has 0 aliphatic carbocycles. The van der Waals surface area contributed by atoms with E-state index in [2.05, 4.69) is 10.6 Å². The highest BCUT2D eigenvalue weighted by atomic mass is 35.5. The van der Waals surface area contributed by atoms with Gasteiger partial charge in [-0.15, -0.1) is 0 Å². The summed E-state index contributed by atoms with van der Waals surface area (Å²) in [7, 11) is 3.13. The molecule has 0 heterocycles. The van der Waals surface area contributed by atoms with E-state index in [1.165, 1.54) is 0 Å². The molecule has 0 aliphatic rings. The third kappa shape index (κ3) is 4.80. The number of ether oxygens (including phenoxy) is 2. The molecule has 0 unspecified atom stereocenters. The van der Waals surface area contributed by atoms with E-state index in [-0.39, 0.29) is 5.91 Å².